The summed E-state index contributed by atoms with van der Waals surface area (Å²) in [6, 6.07) is 7.55. The molecule has 12 heavy (non-hydrogen) atoms. The molecule has 3 rings (SSSR count). The van der Waals surface area contributed by atoms with E-state index in [2.05, 4.69) is 5.32 Å². The predicted octanol–water partition coefficient (Wildman–Crippen LogP) is 0.827. The normalized spacial score (nSPS) is 30.2. The zero-order chi connectivity index (χ0) is 8.13. The van der Waals surface area contributed by atoms with Crippen LogP contribution < -0.4 is 5.32 Å². The van der Waals surface area contributed by atoms with Crippen LogP contribution in [0.1, 0.15) is 22.0 Å². The fraction of sp³-hybridized carbons (Fsp3) is 0.222. The van der Waals surface area contributed by atoms with E-state index in [1.807, 2.05) is 24.3 Å². The van der Waals surface area contributed by atoms with Gasteiger partial charge in [-0.1, -0.05) is 18.2 Å². The van der Waals surface area contributed by atoms with Gasteiger partial charge in [0.25, 0.3) is 5.91 Å². The highest BCUT2D eigenvalue weighted by atomic mass is 16.6. The number of ether oxygens (including phenoxy) is 1. The van der Waals surface area contributed by atoms with E-state index in [-0.39, 0.29) is 18.2 Å². The van der Waals surface area contributed by atoms with E-state index in [0.29, 0.717) is 0 Å². The largest absolute Gasteiger partial charge is 0.343 e. The van der Waals surface area contributed by atoms with Crippen LogP contribution >= 0.6 is 0 Å². The highest BCUT2D eigenvalue weighted by Gasteiger charge is 2.47. The first-order valence-electron chi connectivity index (χ1n) is 3.91. The Morgan fingerprint density at radius 3 is 3.08 bits per heavy atom. The Morgan fingerprint density at radius 2 is 2.17 bits per heavy atom. The summed E-state index contributed by atoms with van der Waals surface area (Å²) in [5.74, 6) is -0.0237. The van der Waals surface area contributed by atoms with Crippen molar-refractivity contribution in [3.63, 3.8) is 0 Å². The lowest BCUT2D eigenvalue weighted by Gasteiger charge is -2.10. The van der Waals surface area contributed by atoms with Crippen LogP contribution in [0.4, 0.5) is 0 Å². The first-order chi connectivity index (χ1) is 5.86. The summed E-state index contributed by atoms with van der Waals surface area (Å²) in [5.41, 5.74) is 1.77. The fourth-order valence-corrected chi connectivity index (χ4v) is 1.62. The van der Waals surface area contributed by atoms with Gasteiger partial charge in [0.1, 0.15) is 6.10 Å². The number of hydrogen-bond donors (Lipinski definition) is 1. The molecule has 0 radical (unpaired) electrons. The van der Waals surface area contributed by atoms with Gasteiger partial charge in [-0.2, -0.15) is 0 Å². The topological polar surface area (TPSA) is 41.6 Å². The highest BCUT2D eigenvalue weighted by molar-refractivity contribution is 5.97. The highest BCUT2D eigenvalue weighted by Crippen LogP contribution is 2.41. The molecule has 3 heteroatoms. The Hall–Kier alpha value is -1.35. The molecule has 2 heterocycles. The van der Waals surface area contributed by atoms with Crippen molar-refractivity contribution in [2.24, 2.45) is 0 Å². The van der Waals surface area contributed by atoms with Gasteiger partial charge in [-0.3, -0.25) is 4.79 Å². The van der Waals surface area contributed by atoms with E-state index in [4.69, 9.17) is 4.74 Å². The predicted molar refractivity (Wildman–Crippen MR) is 41.5 cm³/mol. The number of hydrogen-bond acceptors (Lipinski definition) is 2. The quantitative estimate of drug-likeness (QED) is 0.572. The molecule has 1 aromatic carbocycles. The van der Waals surface area contributed by atoms with Gasteiger partial charge in [-0.05, 0) is 11.6 Å². The zero-order valence-corrected chi connectivity index (χ0v) is 6.28. The number of fused-ring (bicyclic) bond motifs is 3. The molecule has 1 fully saturated rings. The van der Waals surface area contributed by atoms with Crippen molar-refractivity contribution in [1.82, 2.24) is 5.32 Å². The van der Waals surface area contributed by atoms with Crippen molar-refractivity contribution in [3.05, 3.63) is 35.4 Å². The van der Waals surface area contributed by atoms with Crippen LogP contribution in [0.3, 0.4) is 0 Å². The van der Waals surface area contributed by atoms with Crippen molar-refractivity contribution >= 4 is 5.91 Å². The first-order valence-corrected chi connectivity index (χ1v) is 3.91. The molecule has 1 aromatic rings. The van der Waals surface area contributed by atoms with Crippen molar-refractivity contribution in [2.45, 2.75) is 12.3 Å². The van der Waals surface area contributed by atoms with E-state index in [0.717, 1.165) is 11.1 Å². The van der Waals surface area contributed by atoms with Crippen LogP contribution in [-0.2, 0) is 4.74 Å². The van der Waals surface area contributed by atoms with E-state index in [9.17, 15) is 4.79 Å². The van der Waals surface area contributed by atoms with Crippen molar-refractivity contribution < 1.29 is 9.53 Å². The Kier molecular flexibility index (Phi) is 0.966. The molecule has 1 N–H and O–H groups in total. The van der Waals surface area contributed by atoms with Crippen LogP contribution in [0.25, 0.3) is 0 Å². The molecule has 2 aliphatic heterocycles. The fourth-order valence-electron chi connectivity index (χ4n) is 1.62. The van der Waals surface area contributed by atoms with Crippen LogP contribution in [0.2, 0.25) is 0 Å². The van der Waals surface area contributed by atoms with Gasteiger partial charge >= 0.3 is 0 Å². The minimum atomic E-state index is -0.0626. The number of carbonyl (C=O) groups is 1. The minimum absolute atomic E-state index is 0.0237. The van der Waals surface area contributed by atoms with Crippen LogP contribution in [-0.4, -0.2) is 12.1 Å². The zero-order valence-electron chi connectivity index (χ0n) is 6.28. The van der Waals surface area contributed by atoms with Gasteiger partial charge < -0.3 is 10.1 Å². The summed E-state index contributed by atoms with van der Waals surface area (Å²) < 4.78 is 5.24. The summed E-state index contributed by atoms with van der Waals surface area (Å²) in [6.07, 6.45) is 0.0475. The second-order valence-electron chi connectivity index (χ2n) is 3.04. The first kappa shape index (κ1) is 6.20. The van der Waals surface area contributed by atoms with Gasteiger partial charge in [-0.15, -0.1) is 0 Å². The monoisotopic (exact) mass is 161 g/mol. The molecule has 0 aliphatic carbocycles. The SMILES string of the molecule is O=C1NC2OC2c2ccccc21. The Morgan fingerprint density at radius 1 is 1.33 bits per heavy atom. The summed E-state index contributed by atoms with van der Waals surface area (Å²) in [6.45, 7) is 0. The summed E-state index contributed by atoms with van der Waals surface area (Å²) in [7, 11) is 0. The van der Waals surface area contributed by atoms with Crippen LogP contribution in [0.15, 0.2) is 24.3 Å². The third kappa shape index (κ3) is 0.662. The van der Waals surface area contributed by atoms with Crippen molar-refractivity contribution in [2.75, 3.05) is 0 Å². The molecule has 0 saturated carbocycles. The van der Waals surface area contributed by atoms with Gasteiger partial charge in [-0.25, -0.2) is 0 Å². The second kappa shape index (κ2) is 1.87. The molecule has 0 spiro atoms. The van der Waals surface area contributed by atoms with Gasteiger partial charge in [0.05, 0.1) is 0 Å². The summed E-state index contributed by atoms with van der Waals surface area (Å²) in [4.78, 5) is 11.3. The molecular formula is C9H7NO2. The van der Waals surface area contributed by atoms with Crippen molar-refractivity contribution in [1.29, 1.82) is 0 Å². The molecule has 1 amide bonds. The average molecular weight is 161 g/mol. The molecule has 2 aliphatic rings. The van der Waals surface area contributed by atoms with Crippen LogP contribution in [0, 0.1) is 0 Å². The van der Waals surface area contributed by atoms with E-state index in [1.165, 1.54) is 0 Å². The lowest BCUT2D eigenvalue weighted by molar-refractivity contribution is 0.0933. The minimum Gasteiger partial charge on any atom is -0.343 e. The third-order valence-electron chi connectivity index (χ3n) is 2.28. The molecule has 60 valence electrons. The standard InChI is InChI=1S/C9H7NO2/c11-8-6-4-2-1-3-5(6)7-9(10-8)12-7/h1-4,7,9H,(H,10,11). The second-order valence-corrected chi connectivity index (χ2v) is 3.04. The molecule has 2 atom stereocenters. The van der Waals surface area contributed by atoms with Gasteiger partial charge in [0, 0.05) is 5.56 Å². The van der Waals surface area contributed by atoms with E-state index in [1.54, 1.807) is 0 Å². The summed E-state index contributed by atoms with van der Waals surface area (Å²) >= 11 is 0. The number of benzene rings is 1. The van der Waals surface area contributed by atoms with Gasteiger partial charge in [0.2, 0.25) is 0 Å². The van der Waals surface area contributed by atoms with E-state index >= 15 is 0 Å². The Bertz CT molecular complexity index is 361. The summed E-state index contributed by atoms with van der Waals surface area (Å²) in [5, 5.41) is 2.75. The Labute approximate surface area is 69.3 Å². The number of nitrogens with one attached hydrogen (secondary N) is 1. The number of amides is 1. The molecule has 0 bridgehead atoms. The number of carbonyl (C=O) groups excluding carboxylic acids is 1. The third-order valence-corrected chi connectivity index (χ3v) is 2.28. The maximum atomic E-state index is 11.3. The van der Waals surface area contributed by atoms with E-state index < -0.39 is 0 Å². The van der Waals surface area contributed by atoms with Crippen molar-refractivity contribution in [3.8, 4) is 0 Å². The molecule has 3 nitrogen and oxygen atoms in total. The lowest BCUT2D eigenvalue weighted by Crippen LogP contribution is -2.31. The molecule has 1 saturated heterocycles. The van der Waals surface area contributed by atoms with Gasteiger partial charge in [0.15, 0.2) is 6.23 Å². The average Bonchev–Trinajstić information content (AvgIpc) is 2.84. The number of rotatable bonds is 0. The number of epoxide rings is 1. The lowest BCUT2D eigenvalue weighted by atomic mass is 10.0. The molecular weight excluding hydrogens is 154 g/mol. The maximum Gasteiger partial charge on any atom is 0.253 e. The smallest absolute Gasteiger partial charge is 0.253 e. The molecule has 2 unspecified atom stereocenters. The maximum absolute atomic E-state index is 11.3. The molecule has 0 aromatic heterocycles. The van der Waals surface area contributed by atoms with Crippen LogP contribution in [0.5, 0.6) is 0 Å². The Balaban J connectivity index is 2.21.